The lowest BCUT2D eigenvalue weighted by Crippen LogP contribution is -2.42. The van der Waals surface area contributed by atoms with E-state index in [9.17, 15) is 9.59 Å². The molecule has 8 heteroatoms. The third kappa shape index (κ3) is 4.13. The quantitative estimate of drug-likeness (QED) is 0.691. The summed E-state index contributed by atoms with van der Waals surface area (Å²) in [5.41, 5.74) is 0. The Bertz CT molecular complexity index is 476. The lowest BCUT2D eigenvalue weighted by atomic mass is 10.5. The fourth-order valence-electron chi connectivity index (χ4n) is 1.15. The summed E-state index contributed by atoms with van der Waals surface area (Å²) in [4.78, 5) is 27.0. The molecule has 1 aromatic heterocycles. The zero-order valence-corrected chi connectivity index (χ0v) is 9.71. The van der Waals surface area contributed by atoms with Crippen LogP contribution in [0.2, 0.25) is 0 Å². The van der Waals surface area contributed by atoms with Crippen molar-refractivity contribution in [3.8, 4) is 12.3 Å². The molecule has 0 bridgehead atoms. The average Bonchev–Trinajstić information content (AvgIpc) is 2.71. The molecule has 0 aromatic carbocycles. The Morgan fingerprint density at radius 2 is 2.33 bits per heavy atom. The van der Waals surface area contributed by atoms with Crippen molar-refractivity contribution in [2.45, 2.75) is 13.5 Å². The molecule has 0 saturated heterocycles. The Morgan fingerprint density at radius 3 is 2.83 bits per heavy atom. The number of aliphatic carboxylic acids is 1. The molecule has 0 aliphatic heterocycles. The highest BCUT2D eigenvalue weighted by molar-refractivity contribution is 5.80. The van der Waals surface area contributed by atoms with Gasteiger partial charge in [-0.25, -0.2) is 4.79 Å². The number of carbonyl (C=O) groups is 2. The first kappa shape index (κ1) is 13.5. The van der Waals surface area contributed by atoms with Crippen molar-refractivity contribution in [1.82, 2.24) is 20.4 Å². The number of aryl methyl sites for hydroxylation is 1. The second kappa shape index (κ2) is 6.24. The van der Waals surface area contributed by atoms with Crippen molar-refractivity contribution in [1.29, 1.82) is 0 Å². The van der Waals surface area contributed by atoms with Gasteiger partial charge in [0, 0.05) is 6.92 Å². The fourth-order valence-corrected chi connectivity index (χ4v) is 1.15. The van der Waals surface area contributed by atoms with Gasteiger partial charge in [-0.1, -0.05) is 11.1 Å². The summed E-state index contributed by atoms with van der Waals surface area (Å²) in [5, 5.41) is 14.6. The molecule has 1 rings (SSSR count). The number of hydrogen-bond donors (Lipinski definition) is 2. The maximum Gasteiger partial charge on any atom is 0.323 e. The first-order valence-electron chi connectivity index (χ1n) is 5.00. The Balaban J connectivity index is 2.51. The van der Waals surface area contributed by atoms with Crippen LogP contribution in [0.25, 0.3) is 0 Å². The minimum atomic E-state index is -1.14. The van der Waals surface area contributed by atoms with Gasteiger partial charge in [0.15, 0.2) is 5.82 Å². The van der Waals surface area contributed by atoms with Crippen LogP contribution >= 0.6 is 0 Å². The van der Waals surface area contributed by atoms with Gasteiger partial charge >= 0.3 is 12.0 Å². The van der Waals surface area contributed by atoms with Crippen LogP contribution in [0.5, 0.6) is 0 Å². The zero-order chi connectivity index (χ0) is 13.5. The van der Waals surface area contributed by atoms with Crippen LogP contribution in [0.15, 0.2) is 4.52 Å². The number of rotatable bonds is 5. The van der Waals surface area contributed by atoms with Crippen molar-refractivity contribution in [2.75, 3.05) is 13.1 Å². The third-order valence-electron chi connectivity index (χ3n) is 1.86. The van der Waals surface area contributed by atoms with Gasteiger partial charge in [-0.3, -0.25) is 4.79 Å². The van der Waals surface area contributed by atoms with Crippen LogP contribution in [0.3, 0.4) is 0 Å². The summed E-state index contributed by atoms with van der Waals surface area (Å²) < 4.78 is 4.72. The molecule has 1 heterocycles. The molecule has 2 N–H and O–H groups in total. The number of nitrogens with zero attached hydrogens (tertiary/aromatic N) is 3. The molecular weight excluding hydrogens is 240 g/mol. The van der Waals surface area contributed by atoms with E-state index in [-0.39, 0.29) is 13.1 Å². The highest BCUT2D eigenvalue weighted by atomic mass is 16.5. The first-order chi connectivity index (χ1) is 8.52. The minimum Gasteiger partial charge on any atom is -0.480 e. The topological polar surface area (TPSA) is 109 Å². The van der Waals surface area contributed by atoms with E-state index in [0.717, 1.165) is 4.90 Å². The Morgan fingerprint density at radius 1 is 1.61 bits per heavy atom. The number of terminal acetylenes is 1. The minimum absolute atomic E-state index is 0.0386. The van der Waals surface area contributed by atoms with Gasteiger partial charge in [-0.05, 0) is 0 Å². The van der Waals surface area contributed by atoms with E-state index in [2.05, 4.69) is 21.4 Å². The summed E-state index contributed by atoms with van der Waals surface area (Å²) in [7, 11) is 0. The molecule has 0 fully saturated rings. The Kier molecular flexibility index (Phi) is 4.68. The van der Waals surface area contributed by atoms with Crippen molar-refractivity contribution < 1.29 is 19.2 Å². The standard InChI is InChI=1S/C10H12N4O4/c1-3-4-14(6-9(15)16)10(17)11-5-8-12-7(2)18-13-8/h1H,4-6H2,2H3,(H,11,17)(H,15,16). The Hall–Kier alpha value is -2.56. The molecule has 0 spiro atoms. The highest BCUT2D eigenvalue weighted by Crippen LogP contribution is 1.95. The zero-order valence-electron chi connectivity index (χ0n) is 9.71. The highest BCUT2D eigenvalue weighted by Gasteiger charge is 2.16. The van der Waals surface area contributed by atoms with Gasteiger partial charge in [0.05, 0.1) is 13.1 Å². The Labute approximate surface area is 103 Å². The van der Waals surface area contributed by atoms with Crippen LogP contribution in [-0.2, 0) is 11.3 Å². The van der Waals surface area contributed by atoms with Crippen molar-refractivity contribution in [3.05, 3.63) is 11.7 Å². The van der Waals surface area contributed by atoms with E-state index in [1.165, 1.54) is 0 Å². The van der Waals surface area contributed by atoms with Crippen LogP contribution in [-0.4, -0.2) is 45.2 Å². The predicted octanol–water partition coefficient (Wildman–Crippen LogP) is -0.393. The summed E-state index contributed by atoms with van der Waals surface area (Å²) in [6, 6.07) is -0.599. The van der Waals surface area contributed by atoms with Gasteiger partial charge < -0.3 is 19.8 Å². The smallest absolute Gasteiger partial charge is 0.323 e. The van der Waals surface area contributed by atoms with E-state index in [4.69, 9.17) is 16.1 Å². The molecule has 0 unspecified atom stereocenters. The molecule has 8 nitrogen and oxygen atoms in total. The summed E-state index contributed by atoms with van der Waals surface area (Å²) in [6.45, 7) is 1.09. The molecule has 1 aromatic rings. The largest absolute Gasteiger partial charge is 0.480 e. The molecule has 0 radical (unpaired) electrons. The SMILES string of the molecule is C#CCN(CC(=O)O)C(=O)NCc1noc(C)n1. The first-order valence-corrected chi connectivity index (χ1v) is 5.00. The lowest BCUT2D eigenvalue weighted by Gasteiger charge is -2.17. The second-order valence-electron chi connectivity index (χ2n) is 3.34. The van der Waals surface area contributed by atoms with E-state index >= 15 is 0 Å². The number of amides is 2. The third-order valence-corrected chi connectivity index (χ3v) is 1.86. The monoisotopic (exact) mass is 252 g/mol. The normalized spacial score (nSPS) is 9.56. The van der Waals surface area contributed by atoms with Crippen molar-refractivity contribution >= 4 is 12.0 Å². The number of aromatic nitrogens is 2. The van der Waals surface area contributed by atoms with Crippen LogP contribution in [0.4, 0.5) is 4.79 Å². The van der Waals surface area contributed by atoms with Gasteiger partial charge in [0.1, 0.15) is 6.54 Å². The molecular formula is C10H12N4O4. The van der Waals surface area contributed by atoms with E-state index < -0.39 is 18.5 Å². The van der Waals surface area contributed by atoms with Gasteiger partial charge in [-0.15, -0.1) is 6.42 Å². The number of urea groups is 1. The van der Waals surface area contributed by atoms with Gasteiger partial charge in [0.2, 0.25) is 5.89 Å². The molecule has 0 atom stereocenters. The molecule has 96 valence electrons. The summed E-state index contributed by atoms with van der Waals surface area (Å²) in [6.07, 6.45) is 5.05. The number of carbonyl (C=O) groups excluding carboxylic acids is 1. The van der Waals surface area contributed by atoms with Crippen molar-refractivity contribution in [3.63, 3.8) is 0 Å². The van der Waals surface area contributed by atoms with E-state index in [1.54, 1.807) is 6.92 Å². The predicted molar refractivity (Wildman–Crippen MR) is 59.3 cm³/mol. The molecule has 0 aliphatic carbocycles. The maximum absolute atomic E-state index is 11.6. The number of carboxylic acids is 1. The van der Waals surface area contributed by atoms with Crippen LogP contribution in [0.1, 0.15) is 11.7 Å². The number of hydrogen-bond acceptors (Lipinski definition) is 5. The molecule has 18 heavy (non-hydrogen) atoms. The van der Waals surface area contributed by atoms with Crippen molar-refractivity contribution in [2.24, 2.45) is 0 Å². The van der Waals surface area contributed by atoms with Gasteiger partial charge in [0.25, 0.3) is 0 Å². The number of carboxylic acid groups (broad SMARTS) is 1. The lowest BCUT2D eigenvalue weighted by molar-refractivity contribution is -0.137. The van der Waals surface area contributed by atoms with Crippen LogP contribution < -0.4 is 5.32 Å². The maximum atomic E-state index is 11.6. The fraction of sp³-hybridized carbons (Fsp3) is 0.400. The summed E-state index contributed by atoms with van der Waals surface area (Å²) in [5.74, 6) is 1.75. The molecule has 2 amide bonds. The molecule has 0 saturated carbocycles. The number of nitrogens with one attached hydrogen (secondary N) is 1. The van der Waals surface area contributed by atoms with Crippen LogP contribution in [0, 0.1) is 19.3 Å². The van der Waals surface area contributed by atoms with Gasteiger partial charge in [-0.2, -0.15) is 4.98 Å². The van der Waals surface area contributed by atoms with E-state index in [1.807, 2.05) is 0 Å². The second-order valence-corrected chi connectivity index (χ2v) is 3.34. The molecule has 0 aliphatic rings. The summed E-state index contributed by atoms with van der Waals surface area (Å²) >= 11 is 0. The average molecular weight is 252 g/mol. The van der Waals surface area contributed by atoms with E-state index in [0.29, 0.717) is 11.7 Å².